The highest BCUT2D eigenvalue weighted by atomic mass is 35.5. The number of aliphatic carboxylic acids is 1. The Bertz CT molecular complexity index is 693. The summed E-state index contributed by atoms with van der Waals surface area (Å²) in [6.45, 7) is 1.66. The lowest BCUT2D eigenvalue weighted by Crippen LogP contribution is -1.92. The number of halogens is 2. The van der Waals surface area contributed by atoms with Crippen molar-refractivity contribution in [1.82, 2.24) is 0 Å². The Labute approximate surface area is 121 Å². The van der Waals surface area contributed by atoms with E-state index in [0.717, 1.165) is 6.08 Å². The molecule has 102 valence electrons. The molecule has 0 bridgehead atoms. The molecule has 0 aromatic heterocycles. The summed E-state index contributed by atoms with van der Waals surface area (Å²) < 4.78 is 14.0. The van der Waals surface area contributed by atoms with E-state index < -0.39 is 11.8 Å². The van der Waals surface area contributed by atoms with Crippen LogP contribution in [0.4, 0.5) is 4.39 Å². The number of rotatable bonds is 3. The summed E-state index contributed by atoms with van der Waals surface area (Å²) in [5, 5.41) is 9.21. The molecule has 0 fully saturated rings. The fourth-order valence-electron chi connectivity index (χ4n) is 1.93. The van der Waals surface area contributed by atoms with Crippen LogP contribution in [0.25, 0.3) is 16.7 Å². The van der Waals surface area contributed by atoms with Gasteiger partial charge in [0.05, 0.1) is 0 Å². The summed E-state index contributed by atoms with van der Waals surface area (Å²) in [7, 11) is 0. The molecule has 4 heteroatoms. The predicted octanol–water partition coefficient (Wildman–Crippen LogP) is 4.63. The monoisotopic (exact) mass is 290 g/mol. The Balaban J connectivity index is 2.56. The molecular weight excluding hydrogens is 279 g/mol. The third kappa shape index (κ3) is 3.06. The molecular formula is C16H12ClFO2. The van der Waals surface area contributed by atoms with E-state index in [4.69, 9.17) is 16.7 Å². The molecule has 0 saturated heterocycles. The minimum atomic E-state index is -1.04. The minimum Gasteiger partial charge on any atom is -0.478 e. The van der Waals surface area contributed by atoms with E-state index in [-0.39, 0.29) is 0 Å². The van der Waals surface area contributed by atoms with E-state index in [9.17, 15) is 9.18 Å². The van der Waals surface area contributed by atoms with E-state index in [1.165, 1.54) is 6.07 Å². The van der Waals surface area contributed by atoms with Gasteiger partial charge < -0.3 is 5.11 Å². The molecule has 0 aliphatic rings. The van der Waals surface area contributed by atoms with Crippen molar-refractivity contribution in [3.8, 4) is 11.1 Å². The van der Waals surface area contributed by atoms with Gasteiger partial charge >= 0.3 is 5.97 Å². The molecule has 2 rings (SSSR count). The number of allylic oxidation sites excluding steroid dienone is 1. The molecule has 0 atom stereocenters. The molecule has 2 aromatic carbocycles. The summed E-state index contributed by atoms with van der Waals surface area (Å²) in [5.74, 6) is -1.43. The Morgan fingerprint density at radius 1 is 1.20 bits per heavy atom. The molecule has 20 heavy (non-hydrogen) atoms. The predicted molar refractivity (Wildman–Crippen MR) is 78.1 cm³/mol. The SMILES string of the molecule is C/C(=C\C(=O)O)c1ccc(F)c(-c2ccccc2Cl)c1. The first kappa shape index (κ1) is 14.3. The van der Waals surface area contributed by atoms with Gasteiger partial charge in [0.1, 0.15) is 5.82 Å². The number of carboxylic acids is 1. The van der Waals surface area contributed by atoms with Gasteiger partial charge in [-0.2, -0.15) is 0 Å². The number of benzene rings is 2. The first-order valence-electron chi connectivity index (χ1n) is 5.95. The standard InChI is InChI=1S/C16H12ClFO2/c1-10(8-16(19)20)11-6-7-15(18)13(9-11)12-4-2-3-5-14(12)17/h2-9H,1H3,(H,19,20)/b10-8+. The third-order valence-electron chi connectivity index (χ3n) is 2.93. The van der Waals surface area contributed by atoms with Gasteiger partial charge in [-0.05, 0) is 36.3 Å². The van der Waals surface area contributed by atoms with E-state index in [2.05, 4.69) is 0 Å². The fraction of sp³-hybridized carbons (Fsp3) is 0.0625. The smallest absolute Gasteiger partial charge is 0.328 e. The van der Waals surface area contributed by atoms with Crippen molar-refractivity contribution < 1.29 is 14.3 Å². The minimum absolute atomic E-state index is 0.353. The van der Waals surface area contributed by atoms with Gasteiger partial charge in [0, 0.05) is 22.2 Å². The number of hydrogen-bond donors (Lipinski definition) is 1. The van der Waals surface area contributed by atoms with E-state index >= 15 is 0 Å². The van der Waals surface area contributed by atoms with Crippen molar-refractivity contribution in [2.24, 2.45) is 0 Å². The largest absolute Gasteiger partial charge is 0.478 e. The Hall–Kier alpha value is -2.13. The van der Waals surface area contributed by atoms with Crippen molar-refractivity contribution in [1.29, 1.82) is 0 Å². The summed E-state index contributed by atoms with van der Waals surface area (Å²) in [5.41, 5.74) is 2.12. The van der Waals surface area contributed by atoms with Crippen molar-refractivity contribution in [3.63, 3.8) is 0 Å². The average molecular weight is 291 g/mol. The average Bonchev–Trinajstić information content (AvgIpc) is 2.39. The second-order valence-corrected chi connectivity index (χ2v) is 4.75. The second kappa shape index (κ2) is 5.88. The van der Waals surface area contributed by atoms with Gasteiger partial charge in [-0.1, -0.05) is 35.9 Å². The summed E-state index contributed by atoms with van der Waals surface area (Å²) in [4.78, 5) is 10.7. The molecule has 0 saturated carbocycles. The highest BCUT2D eigenvalue weighted by molar-refractivity contribution is 6.33. The van der Waals surface area contributed by atoms with Gasteiger partial charge in [0.2, 0.25) is 0 Å². The molecule has 1 N–H and O–H groups in total. The molecule has 0 radical (unpaired) electrons. The van der Waals surface area contributed by atoms with Crippen LogP contribution in [0, 0.1) is 5.82 Å². The van der Waals surface area contributed by atoms with E-state index in [1.54, 1.807) is 43.3 Å². The zero-order valence-corrected chi connectivity index (χ0v) is 11.5. The topological polar surface area (TPSA) is 37.3 Å². The maximum atomic E-state index is 14.0. The van der Waals surface area contributed by atoms with E-state index in [0.29, 0.717) is 27.3 Å². The highest BCUT2D eigenvalue weighted by Gasteiger charge is 2.10. The molecule has 0 amide bonds. The number of hydrogen-bond acceptors (Lipinski definition) is 1. The summed E-state index contributed by atoms with van der Waals surface area (Å²) >= 11 is 6.07. The van der Waals surface area contributed by atoms with Gasteiger partial charge in [-0.3, -0.25) is 0 Å². The van der Waals surface area contributed by atoms with Crippen molar-refractivity contribution in [3.05, 3.63) is 64.9 Å². The van der Waals surface area contributed by atoms with Gasteiger partial charge in [-0.25, -0.2) is 9.18 Å². The van der Waals surface area contributed by atoms with Crippen LogP contribution in [0.3, 0.4) is 0 Å². The van der Waals surface area contributed by atoms with Crippen LogP contribution in [-0.4, -0.2) is 11.1 Å². The first-order valence-corrected chi connectivity index (χ1v) is 6.33. The van der Waals surface area contributed by atoms with Crippen LogP contribution in [0.15, 0.2) is 48.5 Å². The van der Waals surface area contributed by atoms with Gasteiger partial charge in [0.25, 0.3) is 0 Å². The molecule has 0 unspecified atom stereocenters. The highest BCUT2D eigenvalue weighted by Crippen LogP contribution is 2.31. The van der Waals surface area contributed by atoms with Gasteiger partial charge in [0.15, 0.2) is 0 Å². The summed E-state index contributed by atoms with van der Waals surface area (Å²) in [6.07, 6.45) is 1.09. The Kier molecular flexibility index (Phi) is 4.20. The molecule has 2 nitrogen and oxygen atoms in total. The van der Waals surface area contributed by atoms with Crippen molar-refractivity contribution >= 4 is 23.1 Å². The number of carboxylic acid groups (broad SMARTS) is 1. The van der Waals surface area contributed by atoms with Crippen LogP contribution < -0.4 is 0 Å². The van der Waals surface area contributed by atoms with Crippen LogP contribution in [0.1, 0.15) is 12.5 Å². The molecule has 0 spiro atoms. The van der Waals surface area contributed by atoms with Crippen molar-refractivity contribution in [2.75, 3.05) is 0 Å². The lowest BCUT2D eigenvalue weighted by Gasteiger charge is -2.09. The molecule has 0 aliphatic heterocycles. The Morgan fingerprint density at radius 3 is 2.55 bits per heavy atom. The molecule has 0 aliphatic carbocycles. The third-order valence-corrected chi connectivity index (χ3v) is 3.26. The van der Waals surface area contributed by atoms with Crippen LogP contribution >= 0.6 is 11.6 Å². The Morgan fingerprint density at radius 2 is 1.90 bits per heavy atom. The fourth-order valence-corrected chi connectivity index (χ4v) is 2.16. The zero-order valence-electron chi connectivity index (χ0n) is 10.7. The van der Waals surface area contributed by atoms with E-state index in [1.807, 2.05) is 0 Å². The lowest BCUT2D eigenvalue weighted by molar-refractivity contribution is -0.131. The van der Waals surface area contributed by atoms with Crippen LogP contribution in [0.5, 0.6) is 0 Å². The second-order valence-electron chi connectivity index (χ2n) is 4.34. The zero-order chi connectivity index (χ0) is 14.7. The van der Waals surface area contributed by atoms with Crippen LogP contribution in [-0.2, 0) is 4.79 Å². The van der Waals surface area contributed by atoms with Crippen molar-refractivity contribution in [2.45, 2.75) is 6.92 Å². The molecule has 0 heterocycles. The molecule has 2 aromatic rings. The van der Waals surface area contributed by atoms with Gasteiger partial charge in [-0.15, -0.1) is 0 Å². The quantitative estimate of drug-likeness (QED) is 0.837. The maximum absolute atomic E-state index is 14.0. The maximum Gasteiger partial charge on any atom is 0.328 e. The summed E-state index contributed by atoms with van der Waals surface area (Å²) in [6, 6.07) is 11.4. The van der Waals surface area contributed by atoms with Crippen LogP contribution in [0.2, 0.25) is 5.02 Å². The normalized spacial score (nSPS) is 11.4. The lowest BCUT2D eigenvalue weighted by atomic mass is 9.99. The number of carbonyl (C=O) groups is 1. The first-order chi connectivity index (χ1) is 9.49.